The highest BCUT2D eigenvalue weighted by molar-refractivity contribution is 7.92. The first-order chi connectivity index (χ1) is 10.3. The summed E-state index contributed by atoms with van der Waals surface area (Å²) in [6, 6.07) is 11.9. The van der Waals surface area contributed by atoms with Crippen LogP contribution in [-0.2, 0) is 16.6 Å². The highest BCUT2D eigenvalue weighted by Crippen LogP contribution is 2.30. The van der Waals surface area contributed by atoms with Crippen molar-refractivity contribution in [3.8, 4) is 5.75 Å². The zero-order chi connectivity index (χ0) is 16.3. The van der Waals surface area contributed by atoms with E-state index in [9.17, 15) is 8.42 Å². The molecule has 2 aromatic rings. The van der Waals surface area contributed by atoms with Gasteiger partial charge in [-0.3, -0.25) is 4.31 Å². The summed E-state index contributed by atoms with van der Waals surface area (Å²) >= 11 is 12.3. The number of hydrogen-bond donors (Lipinski definition) is 0. The molecule has 0 spiro atoms. The van der Waals surface area contributed by atoms with E-state index in [-0.39, 0.29) is 6.54 Å². The van der Waals surface area contributed by atoms with E-state index in [0.717, 1.165) is 6.26 Å². The van der Waals surface area contributed by atoms with Crippen LogP contribution in [0, 0.1) is 0 Å². The maximum Gasteiger partial charge on any atom is 0.232 e. The Balaban J connectivity index is 2.48. The van der Waals surface area contributed by atoms with E-state index in [1.807, 2.05) is 0 Å². The van der Waals surface area contributed by atoms with Crippen LogP contribution in [0.5, 0.6) is 5.75 Å². The van der Waals surface area contributed by atoms with Gasteiger partial charge < -0.3 is 4.74 Å². The van der Waals surface area contributed by atoms with Gasteiger partial charge in [-0.05, 0) is 24.3 Å². The van der Waals surface area contributed by atoms with Gasteiger partial charge in [0, 0.05) is 21.7 Å². The topological polar surface area (TPSA) is 46.6 Å². The van der Waals surface area contributed by atoms with E-state index in [0.29, 0.717) is 27.0 Å². The third-order valence-electron chi connectivity index (χ3n) is 3.11. The van der Waals surface area contributed by atoms with Crippen LogP contribution in [0.15, 0.2) is 42.5 Å². The van der Waals surface area contributed by atoms with Gasteiger partial charge >= 0.3 is 0 Å². The first-order valence-electron chi connectivity index (χ1n) is 6.37. The zero-order valence-corrected chi connectivity index (χ0v) is 14.4. The second kappa shape index (κ2) is 6.77. The first-order valence-corrected chi connectivity index (χ1v) is 8.98. The van der Waals surface area contributed by atoms with Gasteiger partial charge in [0.05, 0.1) is 25.6 Å². The summed E-state index contributed by atoms with van der Waals surface area (Å²) in [6.07, 6.45) is 1.14. The maximum atomic E-state index is 12.2. The normalized spacial score (nSPS) is 11.3. The van der Waals surface area contributed by atoms with Crippen molar-refractivity contribution in [1.82, 2.24) is 0 Å². The molecule has 22 heavy (non-hydrogen) atoms. The molecular formula is C15H15Cl2NO3S. The van der Waals surface area contributed by atoms with Crippen LogP contribution in [0.3, 0.4) is 0 Å². The number of halogens is 2. The fraction of sp³-hybridized carbons (Fsp3) is 0.200. The van der Waals surface area contributed by atoms with Gasteiger partial charge in [-0.25, -0.2) is 8.42 Å². The molecule has 0 fully saturated rings. The van der Waals surface area contributed by atoms with Gasteiger partial charge in [0.15, 0.2) is 0 Å². The van der Waals surface area contributed by atoms with Crippen molar-refractivity contribution < 1.29 is 13.2 Å². The highest BCUT2D eigenvalue weighted by Gasteiger charge is 2.21. The van der Waals surface area contributed by atoms with Crippen molar-refractivity contribution >= 4 is 38.9 Å². The molecule has 7 heteroatoms. The number of sulfonamides is 1. The summed E-state index contributed by atoms with van der Waals surface area (Å²) in [4.78, 5) is 0. The molecule has 0 amide bonds. The van der Waals surface area contributed by atoms with E-state index in [4.69, 9.17) is 27.9 Å². The van der Waals surface area contributed by atoms with Crippen LogP contribution in [0.25, 0.3) is 0 Å². The molecular weight excluding hydrogens is 345 g/mol. The molecule has 4 nitrogen and oxygen atoms in total. The Labute approximate surface area is 140 Å². The van der Waals surface area contributed by atoms with E-state index in [2.05, 4.69) is 0 Å². The molecule has 0 bridgehead atoms. The summed E-state index contributed by atoms with van der Waals surface area (Å²) in [5, 5.41) is 0.841. The molecule has 0 N–H and O–H groups in total. The van der Waals surface area contributed by atoms with Gasteiger partial charge in [-0.2, -0.15) is 0 Å². The second-order valence-electron chi connectivity index (χ2n) is 4.67. The molecule has 0 aliphatic carbocycles. The minimum absolute atomic E-state index is 0.0461. The molecule has 0 heterocycles. The summed E-state index contributed by atoms with van der Waals surface area (Å²) in [7, 11) is -1.99. The summed E-state index contributed by atoms with van der Waals surface area (Å²) < 4.78 is 30.7. The van der Waals surface area contributed by atoms with Gasteiger partial charge in [0.2, 0.25) is 10.0 Å². The quantitative estimate of drug-likeness (QED) is 0.811. The van der Waals surface area contributed by atoms with Crippen molar-refractivity contribution in [2.45, 2.75) is 6.54 Å². The third-order valence-corrected chi connectivity index (χ3v) is 4.95. The number of anilines is 1. The van der Waals surface area contributed by atoms with E-state index < -0.39 is 10.0 Å². The van der Waals surface area contributed by atoms with Gasteiger partial charge in [0.25, 0.3) is 0 Å². The lowest BCUT2D eigenvalue weighted by atomic mass is 10.2. The second-order valence-corrected chi connectivity index (χ2v) is 7.39. The molecule has 0 saturated heterocycles. The monoisotopic (exact) mass is 359 g/mol. The number of nitrogens with zero attached hydrogens (tertiary/aromatic N) is 1. The lowest BCUT2D eigenvalue weighted by molar-refractivity contribution is 0.415. The number of methoxy groups -OCH3 is 1. The van der Waals surface area contributed by atoms with Crippen molar-refractivity contribution in [3.05, 3.63) is 58.1 Å². The van der Waals surface area contributed by atoms with Crippen LogP contribution in [-0.4, -0.2) is 21.8 Å². The molecule has 118 valence electrons. The lowest BCUT2D eigenvalue weighted by Gasteiger charge is -2.24. The molecule has 0 atom stereocenters. The molecule has 2 rings (SSSR count). The van der Waals surface area contributed by atoms with Crippen molar-refractivity contribution in [2.75, 3.05) is 17.7 Å². The SMILES string of the molecule is COc1cccc(N(Cc2c(Cl)cccc2Cl)S(C)(=O)=O)c1. The fourth-order valence-electron chi connectivity index (χ4n) is 1.99. The Morgan fingerprint density at radius 3 is 2.23 bits per heavy atom. The number of hydrogen-bond acceptors (Lipinski definition) is 3. The van der Waals surface area contributed by atoms with E-state index in [1.165, 1.54) is 11.4 Å². The smallest absolute Gasteiger partial charge is 0.232 e. The fourth-order valence-corrected chi connectivity index (χ4v) is 3.37. The van der Waals surface area contributed by atoms with Crippen LogP contribution in [0.1, 0.15) is 5.56 Å². The molecule has 0 aliphatic rings. The maximum absolute atomic E-state index is 12.2. The molecule has 0 unspecified atom stereocenters. The third kappa shape index (κ3) is 3.85. The Hall–Kier alpha value is -1.43. The van der Waals surface area contributed by atoms with Crippen LogP contribution < -0.4 is 9.04 Å². The average Bonchev–Trinajstić information content (AvgIpc) is 2.45. The van der Waals surface area contributed by atoms with Crippen molar-refractivity contribution in [1.29, 1.82) is 0 Å². The largest absolute Gasteiger partial charge is 0.497 e. The van der Waals surface area contributed by atoms with Crippen molar-refractivity contribution in [2.24, 2.45) is 0 Å². The van der Waals surface area contributed by atoms with Crippen LogP contribution >= 0.6 is 23.2 Å². The highest BCUT2D eigenvalue weighted by atomic mass is 35.5. The number of ether oxygens (including phenoxy) is 1. The Bertz CT molecular complexity index is 758. The lowest BCUT2D eigenvalue weighted by Crippen LogP contribution is -2.29. The predicted molar refractivity (Wildman–Crippen MR) is 90.5 cm³/mol. The molecule has 0 aromatic heterocycles. The number of benzene rings is 2. The van der Waals surface area contributed by atoms with Gasteiger partial charge in [-0.15, -0.1) is 0 Å². The van der Waals surface area contributed by atoms with Crippen LogP contribution in [0.2, 0.25) is 10.0 Å². The van der Waals surface area contributed by atoms with Gasteiger partial charge in [0.1, 0.15) is 5.75 Å². The van der Waals surface area contributed by atoms with E-state index >= 15 is 0 Å². The molecule has 0 radical (unpaired) electrons. The van der Waals surface area contributed by atoms with Gasteiger partial charge in [-0.1, -0.05) is 35.3 Å². The molecule has 0 aliphatic heterocycles. The Kier molecular flexibility index (Phi) is 5.21. The molecule has 0 saturated carbocycles. The van der Waals surface area contributed by atoms with Crippen molar-refractivity contribution in [3.63, 3.8) is 0 Å². The minimum Gasteiger partial charge on any atom is -0.497 e. The summed E-state index contributed by atoms with van der Waals surface area (Å²) in [5.41, 5.74) is 1.04. The predicted octanol–water partition coefficient (Wildman–Crippen LogP) is 3.97. The zero-order valence-electron chi connectivity index (χ0n) is 12.1. The average molecular weight is 360 g/mol. The standard InChI is InChI=1S/C15H15Cl2NO3S/c1-21-12-6-3-5-11(9-12)18(22(2,19)20)10-13-14(16)7-4-8-15(13)17/h3-9H,10H2,1-2H3. The minimum atomic E-state index is -3.51. The Morgan fingerprint density at radius 1 is 1.09 bits per heavy atom. The Morgan fingerprint density at radius 2 is 1.68 bits per heavy atom. The summed E-state index contributed by atoms with van der Waals surface area (Å²) in [6.45, 7) is 0.0461. The van der Waals surface area contributed by atoms with E-state index in [1.54, 1.807) is 42.5 Å². The molecule has 2 aromatic carbocycles. The first kappa shape index (κ1) is 16.9. The summed E-state index contributed by atoms with van der Waals surface area (Å²) in [5.74, 6) is 0.566. The number of rotatable bonds is 5. The van der Waals surface area contributed by atoms with Crippen LogP contribution in [0.4, 0.5) is 5.69 Å².